The molecule has 1 fully saturated rings. The normalized spacial score (nSPS) is 23.1. The molecule has 0 atom stereocenters. The predicted molar refractivity (Wildman–Crippen MR) is 79.6 cm³/mol. The minimum atomic E-state index is 0.426. The van der Waals surface area contributed by atoms with Gasteiger partial charge in [0.15, 0.2) is 5.96 Å². The molecule has 0 unspecified atom stereocenters. The molecule has 1 saturated carbocycles. The van der Waals surface area contributed by atoms with Gasteiger partial charge in [-0.05, 0) is 31.1 Å². The van der Waals surface area contributed by atoms with Crippen LogP contribution in [0.5, 0.6) is 0 Å². The Bertz CT molecular complexity index is 298. The van der Waals surface area contributed by atoms with Crippen molar-refractivity contribution >= 4 is 5.96 Å². The summed E-state index contributed by atoms with van der Waals surface area (Å²) in [5, 5.41) is 3.61. The molecule has 0 spiro atoms. The summed E-state index contributed by atoms with van der Waals surface area (Å²) in [7, 11) is 3.94. The third-order valence-corrected chi connectivity index (χ3v) is 4.65. The van der Waals surface area contributed by atoms with E-state index >= 15 is 0 Å². The highest BCUT2D eigenvalue weighted by molar-refractivity contribution is 5.80. The molecule has 2 aliphatic rings. The molecule has 1 N–H and O–H groups in total. The fraction of sp³-hybridized carbons (Fsp3) is 0.933. The van der Waals surface area contributed by atoms with Crippen LogP contribution in [0.15, 0.2) is 4.99 Å². The van der Waals surface area contributed by atoms with Gasteiger partial charge in [-0.3, -0.25) is 4.99 Å². The van der Waals surface area contributed by atoms with Crippen molar-refractivity contribution in [2.24, 2.45) is 10.4 Å². The Kier molecular flexibility index (Phi) is 5.49. The number of nitrogens with one attached hydrogen (secondary N) is 1. The molecule has 0 bridgehead atoms. The van der Waals surface area contributed by atoms with Crippen LogP contribution in [0.1, 0.15) is 44.9 Å². The van der Waals surface area contributed by atoms with Gasteiger partial charge in [-0.15, -0.1) is 0 Å². The van der Waals surface area contributed by atoms with Gasteiger partial charge in [0.2, 0.25) is 0 Å². The summed E-state index contributed by atoms with van der Waals surface area (Å²) in [5.41, 5.74) is 0.426. The average Bonchev–Trinajstić information content (AvgIpc) is 2.46. The smallest absolute Gasteiger partial charge is 0.193 e. The van der Waals surface area contributed by atoms with Gasteiger partial charge in [-0.2, -0.15) is 0 Å². The van der Waals surface area contributed by atoms with Crippen molar-refractivity contribution in [1.82, 2.24) is 10.2 Å². The molecule has 1 heterocycles. The second-order valence-electron chi connectivity index (χ2n) is 6.14. The van der Waals surface area contributed by atoms with Gasteiger partial charge in [-0.25, -0.2) is 0 Å². The van der Waals surface area contributed by atoms with Gasteiger partial charge < -0.3 is 15.0 Å². The number of methoxy groups -OCH3 is 1. The van der Waals surface area contributed by atoms with Gasteiger partial charge in [-0.1, -0.05) is 19.3 Å². The van der Waals surface area contributed by atoms with E-state index in [1.54, 1.807) is 0 Å². The maximum Gasteiger partial charge on any atom is 0.193 e. The number of rotatable bonds is 5. The first-order valence-corrected chi connectivity index (χ1v) is 7.74. The predicted octanol–water partition coefficient (Wildman–Crippen LogP) is 2.25. The lowest BCUT2D eigenvalue weighted by atomic mass is 9.72. The summed E-state index contributed by atoms with van der Waals surface area (Å²) in [6.07, 6.45) is 9.15. The van der Waals surface area contributed by atoms with E-state index in [9.17, 15) is 0 Å². The Hall–Kier alpha value is -0.770. The zero-order chi connectivity index (χ0) is 13.6. The van der Waals surface area contributed by atoms with Gasteiger partial charge >= 0.3 is 0 Å². The number of hydrogen-bond donors (Lipinski definition) is 1. The van der Waals surface area contributed by atoms with Crippen LogP contribution in [0.25, 0.3) is 0 Å². The standard InChI is InChI=1S/C15H29N3O/c1-18-11-6-10-16-14(18)17-13-15(9-12-19-2)7-4-3-5-8-15/h3-13H2,1-2H3,(H,16,17). The minimum absolute atomic E-state index is 0.426. The van der Waals surface area contributed by atoms with Crippen molar-refractivity contribution in [2.45, 2.75) is 44.9 Å². The van der Waals surface area contributed by atoms with Crippen LogP contribution in [-0.4, -0.2) is 51.3 Å². The topological polar surface area (TPSA) is 36.9 Å². The van der Waals surface area contributed by atoms with E-state index in [-0.39, 0.29) is 0 Å². The van der Waals surface area contributed by atoms with Crippen LogP contribution in [0.4, 0.5) is 0 Å². The zero-order valence-corrected chi connectivity index (χ0v) is 12.6. The molecule has 0 aromatic carbocycles. The van der Waals surface area contributed by atoms with E-state index in [0.29, 0.717) is 5.41 Å². The summed E-state index contributed by atoms with van der Waals surface area (Å²) in [6.45, 7) is 4.03. The van der Waals surface area contributed by atoms with Crippen LogP contribution in [0.3, 0.4) is 0 Å². The second-order valence-corrected chi connectivity index (χ2v) is 6.14. The Labute approximate surface area is 117 Å². The summed E-state index contributed by atoms with van der Waals surface area (Å²) in [5.74, 6) is 1.09. The van der Waals surface area contributed by atoms with Gasteiger partial charge in [0, 0.05) is 40.4 Å². The zero-order valence-electron chi connectivity index (χ0n) is 12.6. The maximum absolute atomic E-state index is 5.31. The number of guanidine groups is 1. The highest BCUT2D eigenvalue weighted by atomic mass is 16.5. The molecule has 0 radical (unpaired) electrons. The van der Waals surface area contributed by atoms with Gasteiger partial charge in [0.05, 0.1) is 0 Å². The highest BCUT2D eigenvalue weighted by Gasteiger charge is 2.32. The monoisotopic (exact) mass is 267 g/mol. The second kappa shape index (κ2) is 7.13. The summed E-state index contributed by atoms with van der Waals surface area (Å²) in [4.78, 5) is 6.85. The molecular formula is C15H29N3O. The van der Waals surface area contributed by atoms with Crippen molar-refractivity contribution in [1.29, 1.82) is 0 Å². The van der Waals surface area contributed by atoms with Crippen LogP contribution in [0, 0.1) is 5.41 Å². The lowest BCUT2D eigenvalue weighted by Gasteiger charge is -2.39. The molecule has 0 amide bonds. The van der Waals surface area contributed by atoms with Crippen molar-refractivity contribution in [3.8, 4) is 0 Å². The first kappa shape index (κ1) is 14.6. The maximum atomic E-state index is 5.31. The number of hydrogen-bond acceptors (Lipinski definition) is 4. The molecule has 2 rings (SSSR count). The van der Waals surface area contributed by atoms with E-state index < -0.39 is 0 Å². The molecule has 110 valence electrons. The third-order valence-electron chi connectivity index (χ3n) is 4.65. The number of ether oxygens (including phenoxy) is 1. The third kappa shape index (κ3) is 4.10. The molecule has 4 heteroatoms. The van der Waals surface area contributed by atoms with E-state index in [2.05, 4.69) is 22.3 Å². The molecule has 0 aromatic rings. The van der Waals surface area contributed by atoms with Crippen molar-refractivity contribution in [3.63, 3.8) is 0 Å². The quantitative estimate of drug-likeness (QED) is 0.830. The van der Waals surface area contributed by atoms with Crippen molar-refractivity contribution in [2.75, 3.05) is 40.4 Å². The minimum Gasteiger partial charge on any atom is -0.385 e. The Morgan fingerprint density at radius 3 is 2.74 bits per heavy atom. The first-order chi connectivity index (χ1) is 9.26. The fourth-order valence-electron chi connectivity index (χ4n) is 3.31. The van der Waals surface area contributed by atoms with Crippen molar-refractivity contribution < 1.29 is 4.74 Å². The largest absolute Gasteiger partial charge is 0.385 e. The van der Waals surface area contributed by atoms with Gasteiger partial charge in [0.25, 0.3) is 0 Å². The van der Waals surface area contributed by atoms with E-state index in [4.69, 9.17) is 4.74 Å². The molecule has 1 aliphatic carbocycles. The Morgan fingerprint density at radius 1 is 1.26 bits per heavy atom. The summed E-state index contributed by atoms with van der Waals surface area (Å²) >= 11 is 0. The fourth-order valence-corrected chi connectivity index (χ4v) is 3.31. The number of aliphatic imine (C=N–C) groups is 1. The summed E-state index contributed by atoms with van der Waals surface area (Å²) in [6, 6.07) is 0. The molecule has 4 nitrogen and oxygen atoms in total. The highest BCUT2D eigenvalue weighted by Crippen LogP contribution is 2.38. The van der Waals surface area contributed by atoms with E-state index in [0.717, 1.165) is 32.2 Å². The number of nitrogens with zero attached hydrogens (tertiary/aromatic N) is 2. The van der Waals surface area contributed by atoms with Crippen molar-refractivity contribution in [3.05, 3.63) is 0 Å². The molecule has 19 heavy (non-hydrogen) atoms. The SMILES string of the molecule is COCCC1(CNC2=NCCCN2C)CCCCC1. The first-order valence-electron chi connectivity index (χ1n) is 7.74. The van der Waals surface area contributed by atoms with Crippen LogP contribution in [-0.2, 0) is 4.74 Å². The Morgan fingerprint density at radius 2 is 2.05 bits per heavy atom. The van der Waals surface area contributed by atoms with Crippen LogP contribution in [0.2, 0.25) is 0 Å². The molecule has 0 saturated heterocycles. The summed E-state index contributed by atoms with van der Waals surface area (Å²) < 4.78 is 5.31. The Balaban J connectivity index is 1.90. The molecular weight excluding hydrogens is 238 g/mol. The van der Waals surface area contributed by atoms with Gasteiger partial charge in [0.1, 0.15) is 0 Å². The lowest BCUT2D eigenvalue weighted by Crippen LogP contribution is -2.47. The van der Waals surface area contributed by atoms with Crippen LogP contribution >= 0.6 is 0 Å². The average molecular weight is 267 g/mol. The molecule has 0 aromatic heterocycles. The molecule has 1 aliphatic heterocycles. The van der Waals surface area contributed by atoms with E-state index in [1.807, 2.05) is 7.11 Å². The lowest BCUT2D eigenvalue weighted by molar-refractivity contribution is 0.104. The van der Waals surface area contributed by atoms with E-state index in [1.165, 1.54) is 44.9 Å². The van der Waals surface area contributed by atoms with Crippen LogP contribution < -0.4 is 5.32 Å².